The number of amides is 2. The number of likely N-dealkylation sites (tertiary alicyclic amines) is 1. The van der Waals surface area contributed by atoms with E-state index in [9.17, 15) is 4.79 Å². The molecule has 1 aliphatic heterocycles. The lowest BCUT2D eigenvalue weighted by molar-refractivity contribution is 0.180. The molecular weight excluding hydrogens is 368 g/mol. The lowest BCUT2D eigenvalue weighted by Crippen LogP contribution is -2.40. The van der Waals surface area contributed by atoms with Crippen LogP contribution in [0.1, 0.15) is 30.3 Å². The Balaban J connectivity index is 1.39. The molecule has 3 aromatic rings. The van der Waals surface area contributed by atoms with Crippen LogP contribution in [0, 0.1) is 0 Å². The number of carbonyl (C=O) groups is 1. The molecule has 1 atom stereocenters. The fourth-order valence-electron chi connectivity index (χ4n) is 3.55. The Labute approximate surface area is 169 Å². The zero-order valence-electron chi connectivity index (χ0n) is 16.4. The second-order valence-electron chi connectivity index (χ2n) is 7.00. The second-order valence-corrected chi connectivity index (χ2v) is 7.00. The first-order valence-electron chi connectivity index (χ1n) is 9.81. The van der Waals surface area contributed by atoms with Crippen molar-refractivity contribution in [3.05, 3.63) is 66.1 Å². The third kappa shape index (κ3) is 4.39. The number of hydrogen-bond donors (Lipinski definition) is 1. The second kappa shape index (κ2) is 8.77. The summed E-state index contributed by atoms with van der Waals surface area (Å²) < 4.78 is 10.7. The van der Waals surface area contributed by atoms with Gasteiger partial charge in [-0.25, -0.2) is 4.79 Å². The quantitative estimate of drug-likeness (QED) is 0.689. The zero-order valence-corrected chi connectivity index (χ0v) is 16.4. The van der Waals surface area contributed by atoms with Gasteiger partial charge in [0.1, 0.15) is 11.8 Å². The number of hydrogen-bond acceptors (Lipinski definition) is 5. The Morgan fingerprint density at radius 1 is 1.21 bits per heavy atom. The van der Waals surface area contributed by atoms with E-state index in [0.717, 1.165) is 30.6 Å². The maximum atomic E-state index is 12.7. The predicted molar refractivity (Wildman–Crippen MR) is 109 cm³/mol. The average molecular weight is 392 g/mol. The van der Waals surface area contributed by atoms with Crippen LogP contribution in [0.3, 0.4) is 0 Å². The fourth-order valence-corrected chi connectivity index (χ4v) is 3.55. The van der Waals surface area contributed by atoms with Crippen LogP contribution in [-0.2, 0) is 6.42 Å². The Morgan fingerprint density at radius 2 is 2.00 bits per heavy atom. The summed E-state index contributed by atoms with van der Waals surface area (Å²) in [5.74, 6) is 1.76. The first kappa shape index (κ1) is 19.0. The minimum atomic E-state index is -0.189. The summed E-state index contributed by atoms with van der Waals surface area (Å²) in [6.07, 6.45) is 2.53. The molecule has 1 aromatic heterocycles. The van der Waals surface area contributed by atoms with Crippen LogP contribution in [0.2, 0.25) is 0 Å². The highest BCUT2D eigenvalue weighted by Crippen LogP contribution is 2.32. The monoisotopic (exact) mass is 392 g/mol. The van der Waals surface area contributed by atoms with Crippen LogP contribution >= 0.6 is 0 Å². The number of nitrogens with zero attached hydrogens (tertiary/aromatic N) is 3. The Kier molecular flexibility index (Phi) is 5.74. The lowest BCUT2D eigenvalue weighted by Gasteiger charge is -2.22. The van der Waals surface area contributed by atoms with Gasteiger partial charge in [0.25, 0.3) is 0 Å². The van der Waals surface area contributed by atoms with Crippen molar-refractivity contribution in [2.45, 2.75) is 25.3 Å². The smallest absolute Gasteiger partial charge is 0.318 e. The number of urea groups is 1. The average Bonchev–Trinajstić information content (AvgIpc) is 3.44. The molecule has 0 spiro atoms. The van der Waals surface area contributed by atoms with Gasteiger partial charge < -0.3 is 19.5 Å². The van der Waals surface area contributed by atoms with E-state index in [2.05, 4.69) is 27.6 Å². The van der Waals surface area contributed by atoms with E-state index in [0.29, 0.717) is 24.8 Å². The first-order chi connectivity index (χ1) is 14.2. The van der Waals surface area contributed by atoms with Crippen molar-refractivity contribution in [1.29, 1.82) is 0 Å². The van der Waals surface area contributed by atoms with Crippen molar-refractivity contribution in [1.82, 2.24) is 20.4 Å². The van der Waals surface area contributed by atoms with E-state index in [1.165, 1.54) is 5.56 Å². The van der Waals surface area contributed by atoms with Crippen LogP contribution in [0.5, 0.6) is 5.75 Å². The highest BCUT2D eigenvalue weighted by molar-refractivity contribution is 5.75. The highest BCUT2D eigenvalue weighted by atomic mass is 16.5. The largest absolute Gasteiger partial charge is 0.497 e. The molecule has 29 heavy (non-hydrogen) atoms. The minimum Gasteiger partial charge on any atom is -0.497 e. The summed E-state index contributed by atoms with van der Waals surface area (Å²) in [5.41, 5.74) is 2.05. The van der Waals surface area contributed by atoms with Crippen molar-refractivity contribution in [2.24, 2.45) is 0 Å². The number of nitrogens with one attached hydrogen (secondary N) is 1. The molecule has 1 N–H and O–H groups in total. The molecule has 0 saturated carbocycles. The molecule has 2 heterocycles. The molecule has 150 valence electrons. The van der Waals surface area contributed by atoms with Crippen LogP contribution in [0.25, 0.3) is 11.4 Å². The summed E-state index contributed by atoms with van der Waals surface area (Å²) in [6, 6.07) is 17.3. The number of methoxy groups -OCH3 is 1. The molecule has 1 fully saturated rings. The predicted octanol–water partition coefficient (Wildman–Crippen LogP) is 3.83. The Morgan fingerprint density at radius 3 is 2.76 bits per heavy atom. The molecule has 0 bridgehead atoms. The van der Waals surface area contributed by atoms with Crippen molar-refractivity contribution < 1.29 is 14.1 Å². The van der Waals surface area contributed by atoms with Gasteiger partial charge in [-0.05, 0) is 49.1 Å². The van der Waals surface area contributed by atoms with Gasteiger partial charge in [0.05, 0.1) is 7.11 Å². The van der Waals surface area contributed by atoms with Gasteiger partial charge in [-0.2, -0.15) is 4.98 Å². The van der Waals surface area contributed by atoms with Crippen LogP contribution in [0.4, 0.5) is 4.79 Å². The third-order valence-corrected chi connectivity index (χ3v) is 5.12. The van der Waals surface area contributed by atoms with Gasteiger partial charge in [-0.3, -0.25) is 0 Å². The zero-order chi connectivity index (χ0) is 20.1. The topological polar surface area (TPSA) is 80.5 Å². The maximum Gasteiger partial charge on any atom is 0.318 e. The SMILES string of the molecule is COc1ccc(-c2noc([C@H]3CCCN3C(=O)NCCc3ccccc3)n2)cc1. The Hall–Kier alpha value is -3.35. The fraction of sp³-hybridized carbons (Fsp3) is 0.318. The number of aromatic nitrogens is 2. The minimum absolute atomic E-state index is 0.0902. The summed E-state index contributed by atoms with van der Waals surface area (Å²) >= 11 is 0. The molecule has 2 aromatic carbocycles. The van der Waals surface area contributed by atoms with Gasteiger partial charge >= 0.3 is 6.03 Å². The molecule has 4 rings (SSSR count). The van der Waals surface area contributed by atoms with E-state index >= 15 is 0 Å². The normalized spacial score (nSPS) is 16.0. The van der Waals surface area contributed by atoms with Crippen molar-refractivity contribution in [2.75, 3.05) is 20.2 Å². The van der Waals surface area contributed by atoms with Crippen LogP contribution in [-0.4, -0.2) is 41.3 Å². The van der Waals surface area contributed by atoms with E-state index in [-0.39, 0.29) is 12.1 Å². The Bertz CT molecular complexity index is 940. The van der Waals surface area contributed by atoms with E-state index in [4.69, 9.17) is 9.26 Å². The molecule has 7 nitrogen and oxygen atoms in total. The molecule has 7 heteroatoms. The van der Waals surface area contributed by atoms with Crippen molar-refractivity contribution in [3.63, 3.8) is 0 Å². The number of benzene rings is 2. The summed E-state index contributed by atoms with van der Waals surface area (Å²) in [7, 11) is 1.63. The first-order valence-corrected chi connectivity index (χ1v) is 9.81. The number of carbonyl (C=O) groups excluding carboxylic acids is 1. The number of ether oxygens (including phenoxy) is 1. The number of rotatable bonds is 6. The lowest BCUT2D eigenvalue weighted by atomic mass is 10.1. The molecule has 0 aliphatic carbocycles. The van der Waals surface area contributed by atoms with Gasteiger partial charge in [0.2, 0.25) is 11.7 Å². The highest BCUT2D eigenvalue weighted by Gasteiger charge is 2.34. The van der Waals surface area contributed by atoms with E-state index in [1.54, 1.807) is 12.0 Å². The third-order valence-electron chi connectivity index (χ3n) is 5.12. The van der Waals surface area contributed by atoms with Crippen molar-refractivity contribution in [3.8, 4) is 17.1 Å². The summed E-state index contributed by atoms with van der Waals surface area (Å²) in [4.78, 5) is 19.0. The maximum absolute atomic E-state index is 12.7. The summed E-state index contributed by atoms with van der Waals surface area (Å²) in [5, 5.41) is 7.10. The van der Waals surface area contributed by atoms with E-state index in [1.807, 2.05) is 42.5 Å². The van der Waals surface area contributed by atoms with Crippen LogP contribution < -0.4 is 10.1 Å². The molecule has 0 radical (unpaired) electrons. The summed E-state index contributed by atoms with van der Waals surface area (Å²) in [6.45, 7) is 1.27. The van der Waals surface area contributed by atoms with Gasteiger partial charge in [-0.15, -0.1) is 0 Å². The standard InChI is InChI=1S/C22H24N4O3/c1-28-18-11-9-17(10-12-18)20-24-21(29-25-20)19-8-5-15-26(19)22(27)23-14-13-16-6-3-2-4-7-16/h2-4,6-7,9-12,19H,5,8,13-15H2,1H3,(H,23,27)/t19-/m1/s1. The molecule has 1 aliphatic rings. The van der Waals surface area contributed by atoms with Gasteiger partial charge in [-0.1, -0.05) is 35.5 Å². The van der Waals surface area contributed by atoms with Gasteiger partial charge in [0.15, 0.2) is 0 Å². The molecule has 2 amide bonds. The van der Waals surface area contributed by atoms with Crippen LogP contribution in [0.15, 0.2) is 59.1 Å². The van der Waals surface area contributed by atoms with Crippen molar-refractivity contribution >= 4 is 6.03 Å². The molecular formula is C22H24N4O3. The van der Waals surface area contributed by atoms with E-state index < -0.39 is 0 Å². The van der Waals surface area contributed by atoms with Gasteiger partial charge in [0, 0.05) is 18.7 Å². The molecule has 1 saturated heterocycles. The molecule has 0 unspecified atom stereocenters.